The summed E-state index contributed by atoms with van der Waals surface area (Å²) in [5, 5.41) is 0. The van der Waals surface area contributed by atoms with Crippen molar-refractivity contribution in [2.75, 3.05) is 0 Å². The van der Waals surface area contributed by atoms with E-state index in [-0.39, 0.29) is 16.5 Å². The van der Waals surface area contributed by atoms with Crippen LogP contribution in [0.2, 0.25) is 0 Å². The van der Waals surface area contributed by atoms with E-state index in [4.69, 9.17) is 0 Å². The lowest BCUT2D eigenvalue weighted by molar-refractivity contribution is 0.151. The van der Waals surface area contributed by atoms with E-state index >= 15 is 0 Å². The minimum absolute atomic E-state index is 0.0761. The van der Waals surface area contributed by atoms with Crippen molar-refractivity contribution >= 4 is 0 Å². The molecular weight excluding hydrogens is 345 g/mol. The Labute approximate surface area is 162 Å². The summed E-state index contributed by atoms with van der Waals surface area (Å²) in [5.41, 5.74) is 3.13. The molecule has 0 aliphatic rings. The quantitative estimate of drug-likeness (QED) is 0.454. The molecule has 3 heteroatoms. The van der Waals surface area contributed by atoms with Crippen LogP contribution in [0.5, 0.6) is 0 Å². The standard InChI is InChI=1S/C22H27F3.C2H6/c1-5-11-22(3,4)14-17-12-15(6-2)7-9-18(17)19-13-16(21(24)25)8-10-20(19)23;1-2/h7-10,12-13,21H,5-6,11,14H2,1-4H3;1-2H3. The molecular formula is C24H33F3. The molecule has 0 aliphatic carbocycles. The summed E-state index contributed by atoms with van der Waals surface area (Å²) in [6, 6.07) is 9.53. The number of halogens is 3. The highest BCUT2D eigenvalue weighted by molar-refractivity contribution is 5.69. The van der Waals surface area contributed by atoms with Crippen molar-refractivity contribution in [2.45, 2.75) is 73.7 Å². The first-order chi connectivity index (χ1) is 12.8. The molecule has 0 aromatic heterocycles. The number of hydrogen-bond donors (Lipinski definition) is 0. The first-order valence-electron chi connectivity index (χ1n) is 9.97. The Morgan fingerprint density at radius 2 is 1.59 bits per heavy atom. The molecule has 0 spiro atoms. The molecule has 150 valence electrons. The largest absolute Gasteiger partial charge is 0.263 e. The fraction of sp³-hybridized carbons (Fsp3) is 0.500. The maximum atomic E-state index is 14.4. The second-order valence-electron chi connectivity index (χ2n) is 7.48. The maximum Gasteiger partial charge on any atom is 0.263 e. The summed E-state index contributed by atoms with van der Waals surface area (Å²) < 4.78 is 40.5. The van der Waals surface area contributed by atoms with Crippen molar-refractivity contribution in [1.82, 2.24) is 0 Å². The number of alkyl halides is 2. The van der Waals surface area contributed by atoms with Crippen LogP contribution < -0.4 is 0 Å². The van der Waals surface area contributed by atoms with E-state index in [1.165, 1.54) is 11.6 Å². The van der Waals surface area contributed by atoms with Crippen molar-refractivity contribution in [3.63, 3.8) is 0 Å². The van der Waals surface area contributed by atoms with Gasteiger partial charge >= 0.3 is 0 Å². The first kappa shape index (κ1) is 23.3. The van der Waals surface area contributed by atoms with Crippen LogP contribution in [0, 0.1) is 11.2 Å². The number of hydrogen-bond acceptors (Lipinski definition) is 0. The van der Waals surface area contributed by atoms with Crippen LogP contribution >= 0.6 is 0 Å². The lowest BCUT2D eigenvalue weighted by Crippen LogP contribution is -2.15. The molecule has 2 rings (SSSR count). The second-order valence-corrected chi connectivity index (χ2v) is 7.48. The molecule has 27 heavy (non-hydrogen) atoms. The van der Waals surface area contributed by atoms with Crippen LogP contribution in [-0.4, -0.2) is 0 Å². The van der Waals surface area contributed by atoms with Crippen LogP contribution in [0.1, 0.15) is 77.5 Å². The topological polar surface area (TPSA) is 0 Å². The summed E-state index contributed by atoms with van der Waals surface area (Å²) in [5.74, 6) is -0.455. The number of rotatable bonds is 7. The van der Waals surface area contributed by atoms with Crippen molar-refractivity contribution < 1.29 is 13.2 Å². The van der Waals surface area contributed by atoms with Gasteiger partial charge in [0.1, 0.15) is 5.82 Å². The molecule has 0 saturated heterocycles. The molecule has 2 aromatic rings. The molecule has 0 aliphatic heterocycles. The van der Waals surface area contributed by atoms with Crippen LogP contribution in [0.25, 0.3) is 11.1 Å². The van der Waals surface area contributed by atoms with Gasteiger partial charge in [0, 0.05) is 11.1 Å². The fourth-order valence-corrected chi connectivity index (χ4v) is 3.44. The monoisotopic (exact) mass is 378 g/mol. The average molecular weight is 379 g/mol. The highest BCUT2D eigenvalue weighted by Gasteiger charge is 2.21. The van der Waals surface area contributed by atoms with Crippen molar-refractivity contribution in [3.05, 3.63) is 58.9 Å². The van der Waals surface area contributed by atoms with E-state index in [9.17, 15) is 13.2 Å². The van der Waals surface area contributed by atoms with Gasteiger partial charge in [-0.25, -0.2) is 13.2 Å². The van der Waals surface area contributed by atoms with Crippen molar-refractivity contribution in [3.8, 4) is 11.1 Å². The summed E-state index contributed by atoms with van der Waals surface area (Å²) in [7, 11) is 0. The Balaban J connectivity index is 0.00000176. The van der Waals surface area contributed by atoms with Gasteiger partial charge in [-0.2, -0.15) is 0 Å². The van der Waals surface area contributed by atoms with Crippen LogP contribution in [0.15, 0.2) is 36.4 Å². The summed E-state index contributed by atoms with van der Waals surface area (Å²) >= 11 is 0. The van der Waals surface area contributed by atoms with Gasteiger partial charge in [0.25, 0.3) is 6.43 Å². The predicted octanol–water partition coefficient (Wildman–Crippen LogP) is 8.39. The third kappa shape index (κ3) is 6.41. The summed E-state index contributed by atoms with van der Waals surface area (Å²) in [6.07, 6.45) is 1.21. The molecule has 0 radical (unpaired) electrons. The summed E-state index contributed by atoms with van der Waals surface area (Å²) in [4.78, 5) is 0. The van der Waals surface area contributed by atoms with Gasteiger partial charge in [-0.15, -0.1) is 0 Å². The molecule has 0 bridgehead atoms. The predicted molar refractivity (Wildman–Crippen MR) is 110 cm³/mol. The molecule has 0 saturated carbocycles. The highest BCUT2D eigenvalue weighted by atomic mass is 19.3. The van der Waals surface area contributed by atoms with Crippen LogP contribution in [0.4, 0.5) is 13.2 Å². The van der Waals surface area contributed by atoms with Gasteiger partial charge < -0.3 is 0 Å². The van der Waals surface area contributed by atoms with Gasteiger partial charge in [-0.05, 0) is 53.5 Å². The van der Waals surface area contributed by atoms with Gasteiger partial charge in [0.15, 0.2) is 0 Å². The molecule has 2 aromatic carbocycles. The second kappa shape index (κ2) is 10.5. The molecule has 0 nitrogen and oxygen atoms in total. The van der Waals surface area contributed by atoms with Gasteiger partial charge in [0.2, 0.25) is 0 Å². The van der Waals surface area contributed by atoms with Crippen LogP contribution in [0.3, 0.4) is 0 Å². The Kier molecular flexibility index (Phi) is 9.08. The molecule has 0 unspecified atom stereocenters. The lowest BCUT2D eigenvalue weighted by Gasteiger charge is -2.26. The zero-order valence-electron chi connectivity index (χ0n) is 17.5. The molecule has 0 heterocycles. The Bertz CT molecular complexity index is 718. The van der Waals surface area contributed by atoms with Gasteiger partial charge in [-0.3, -0.25) is 0 Å². The van der Waals surface area contributed by atoms with E-state index in [0.29, 0.717) is 0 Å². The van der Waals surface area contributed by atoms with E-state index in [0.717, 1.165) is 48.9 Å². The summed E-state index contributed by atoms with van der Waals surface area (Å²) in [6.45, 7) is 12.6. The van der Waals surface area contributed by atoms with E-state index in [1.807, 2.05) is 26.0 Å². The Morgan fingerprint density at radius 1 is 0.926 bits per heavy atom. The van der Waals surface area contributed by atoms with Crippen LogP contribution in [-0.2, 0) is 12.8 Å². The smallest absolute Gasteiger partial charge is 0.206 e. The molecule has 0 amide bonds. The minimum atomic E-state index is -2.60. The average Bonchev–Trinajstić information content (AvgIpc) is 2.63. The normalized spacial score (nSPS) is 11.3. The highest BCUT2D eigenvalue weighted by Crippen LogP contribution is 2.36. The Morgan fingerprint density at radius 3 is 2.15 bits per heavy atom. The van der Waals surface area contributed by atoms with E-state index in [2.05, 4.69) is 33.8 Å². The van der Waals surface area contributed by atoms with Crippen molar-refractivity contribution in [1.29, 1.82) is 0 Å². The Hall–Kier alpha value is -1.77. The fourth-order valence-electron chi connectivity index (χ4n) is 3.44. The van der Waals surface area contributed by atoms with E-state index < -0.39 is 12.2 Å². The molecule has 0 fully saturated rings. The van der Waals surface area contributed by atoms with Gasteiger partial charge in [0.05, 0.1) is 0 Å². The van der Waals surface area contributed by atoms with Crippen molar-refractivity contribution in [2.24, 2.45) is 5.41 Å². The first-order valence-corrected chi connectivity index (χ1v) is 9.97. The third-order valence-electron chi connectivity index (χ3n) is 4.71. The zero-order chi connectivity index (χ0) is 20.6. The third-order valence-corrected chi connectivity index (χ3v) is 4.71. The van der Waals surface area contributed by atoms with E-state index in [1.54, 1.807) is 0 Å². The maximum absolute atomic E-state index is 14.4. The number of benzene rings is 2. The SMILES string of the molecule is CC.CCCC(C)(C)Cc1cc(CC)ccc1-c1cc(C(F)F)ccc1F. The number of aryl methyl sites for hydroxylation is 1. The molecule has 0 N–H and O–H groups in total. The minimum Gasteiger partial charge on any atom is -0.206 e. The lowest BCUT2D eigenvalue weighted by atomic mass is 9.79. The molecule has 0 atom stereocenters. The zero-order valence-corrected chi connectivity index (χ0v) is 17.5. The van der Waals surface area contributed by atoms with Gasteiger partial charge in [-0.1, -0.05) is 72.2 Å².